The van der Waals surface area contributed by atoms with Crippen LogP contribution in [0.15, 0.2) is 5.51 Å². The SMILES string of the molecule is CC(C)(C)c1ncsc1C(=O)NCCC(=O)O. The Morgan fingerprint density at radius 2 is 2.12 bits per heavy atom. The van der Waals surface area contributed by atoms with Gasteiger partial charge in [0.05, 0.1) is 17.6 Å². The van der Waals surface area contributed by atoms with Crippen molar-refractivity contribution in [3.05, 3.63) is 16.1 Å². The fourth-order valence-corrected chi connectivity index (χ4v) is 2.22. The summed E-state index contributed by atoms with van der Waals surface area (Å²) in [6, 6.07) is 0. The van der Waals surface area contributed by atoms with Crippen molar-refractivity contribution in [2.75, 3.05) is 6.54 Å². The van der Waals surface area contributed by atoms with Crippen LogP contribution in [-0.2, 0) is 10.2 Å². The summed E-state index contributed by atoms with van der Waals surface area (Å²) in [5.41, 5.74) is 2.18. The smallest absolute Gasteiger partial charge is 0.305 e. The summed E-state index contributed by atoms with van der Waals surface area (Å²) in [4.78, 5) is 26.9. The van der Waals surface area contributed by atoms with E-state index in [4.69, 9.17) is 5.11 Å². The lowest BCUT2D eigenvalue weighted by molar-refractivity contribution is -0.136. The van der Waals surface area contributed by atoms with Crippen LogP contribution in [0.5, 0.6) is 0 Å². The second-order valence-electron chi connectivity index (χ2n) is 4.68. The lowest BCUT2D eigenvalue weighted by Gasteiger charge is -2.17. The highest BCUT2D eigenvalue weighted by molar-refractivity contribution is 7.11. The van der Waals surface area contributed by atoms with Crippen LogP contribution in [0.3, 0.4) is 0 Å². The number of hydrogen-bond donors (Lipinski definition) is 2. The maximum atomic E-state index is 11.8. The highest BCUT2D eigenvalue weighted by Crippen LogP contribution is 2.26. The molecule has 5 nitrogen and oxygen atoms in total. The highest BCUT2D eigenvalue weighted by Gasteiger charge is 2.24. The fraction of sp³-hybridized carbons (Fsp3) is 0.545. The van der Waals surface area contributed by atoms with Gasteiger partial charge in [-0.3, -0.25) is 9.59 Å². The van der Waals surface area contributed by atoms with E-state index < -0.39 is 5.97 Å². The average Bonchev–Trinajstić information content (AvgIpc) is 2.64. The van der Waals surface area contributed by atoms with Crippen molar-refractivity contribution in [2.45, 2.75) is 32.6 Å². The number of carbonyl (C=O) groups excluding carboxylic acids is 1. The first kappa shape index (κ1) is 13.6. The van der Waals surface area contributed by atoms with E-state index >= 15 is 0 Å². The summed E-state index contributed by atoms with van der Waals surface area (Å²) < 4.78 is 0. The van der Waals surface area contributed by atoms with Crippen LogP contribution in [0, 0.1) is 0 Å². The summed E-state index contributed by atoms with van der Waals surface area (Å²) >= 11 is 1.27. The van der Waals surface area contributed by atoms with E-state index in [0.717, 1.165) is 5.69 Å². The van der Waals surface area contributed by atoms with Gasteiger partial charge in [0.1, 0.15) is 4.88 Å². The number of hydrogen-bond acceptors (Lipinski definition) is 4. The highest BCUT2D eigenvalue weighted by atomic mass is 32.1. The third-order valence-corrected chi connectivity index (χ3v) is 2.93. The quantitative estimate of drug-likeness (QED) is 0.858. The maximum absolute atomic E-state index is 11.8. The van der Waals surface area contributed by atoms with Crippen LogP contribution < -0.4 is 5.32 Å². The summed E-state index contributed by atoms with van der Waals surface area (Å²) in [7, 11) is 0. The molecule has 0 aromatic carbocycles. The molecule has 0 radical (unpaired) electrons. The molecule has 0 aliphatic rings. The zero-order valence-corrected chi connectivity index (χ0v) is 10.9. The summed E-state index contributed by atoms with van der Waals surface area (Å²) in [5, 5.41) is 11.1. The molecular formula is C11H16N2O3S. The summed E-state index contributed by atoms with van der Waals surface area (Å²) in [6.45, 7) is 6.08. The molecule has 1 heterocycles. The van der Waals surface area contributed by atoms with Gasteiger partial charge in [-0.2, -0.15) is 0 Å². The van der Waals surface area contributed by atoms with Gasteiger partial charge in [-0.25, -0.2) is 4.98 Å². The van der Waals surface area contributed by atoms with Crippen LogP contribution in [0.25, 0.3) is 0 Å². The first-order chi connectivity index (χ1) is 7.82. The third kappa shape index (κ3) is 3.81. The number of rotatable bonds is 4. The van der Waals surface area contributed by atoms with Gasteiger partial charge in [0.15, 0.2) is 0 Å². The lowest BCUT2D eigenvalue weighted by Crippen LogP contribution is -2.28. The Bertz CT molecular complexity index is 421. The van der Waals surface area contributed by atoms with Crippen LogP contribution in [0.4, 0.5) is 0 Å². The van der Waals surface area contributed by atoms with Crippen molar-refractivity contribution in [3.8, 4) is 0 Å². The number of carbonyl (C=O) groups is 2. The molecule has 0 unspecified atom stereocenters. The molecule has 1 aromatic rings. The van der Waals surface area contributed by atoms with E-state index in [9.17, 15) is 9.59 Å². The number of nitrogens with one attached hydrogen (secondary N) is 1. The molecule has 1 amide bonds. The molecule has 1 aromatic heterocycles. The largest absolute Gasteiger partial charge is 0.481 e. The Hall–Kier alpha value is -1.43. The van der Waals surface area contributed by atoms with Gasteiger partial charge in [0.25, 0.3) is 5.91 Å². The zero-order chi connectivity index (χ0) is 13.1. The molecule has 0 saturated heterocycles. The van der Waals surface area contributed by atoms with Crippen LogP contribution >= 0.6 is 11.3 Å². The number of aliphatic carboxylic acids is 1. The van der Waals surface area contributed by atoms with Crippen molar-refractivity contribution in [3.63, 3.8) is 0 Å². The predicted molar refractivity (Wildman–Crippen MR) is 65.4 cm³/mol. The molecule has 0 atom stereocenters. The van der Waals surface area contributed by atoms with E-state index in [1.807, 2.05) is 20.8 Å². The minimum Gasteiger partial charge on any atom is -0.481 e. The zero-order valence-electron chi connectivity index (χ0n) is 10.1. The molecule has 0 bridgehead atoms. The predicted octanol–water partition coefficient (Wildman–Crippen LogP) is 1.65. The number of thiazole rings is 1. The van der Waals surface area contributed by atoms with Crippen molar-refractivity contribution >= 4 is 23.2 Å². The molecule has 1 rings (SSSR count). The number of carboxylic acid groups (broad SMARTS) is 1. The normalized spacial score (nSPS) is 11.2. The van der Waals surface area contributed by atoms with E-state index in [0.29, 0.717) is 4.88 Å². The van der Waals surface area contributed by atoms with Crippen molar-refractivity contribution in [1.29, 1.82) is 0 Å². The Balaban J connectivity index is 2.70. The van der Waals surface area contributed by atoms with Crippen molar-refractivity contribution < 1.29 is 14.7 Å². The lowest BCUT2D eigenvalue weighted by atomic mass is 9.91. The van der Waals surface area contributed by atoms with Gasteiger partial charge in [-0.1, -0.05) is 20.8 Å². The Morgan fingerprint density at radius 3 is 2.65 bits per heavy atom. The monoisotopic (exact) mass is 256 g/mol. The Kier molecular flexibility index (Phi) is 4.22. The van der Waals surface area contributed by atoms with Gasteiger partial charge in [-0.05, 0) is 0 Å². The third-order valence-electron chi connectivity index (χ3n) is 2.11. The molecule has 2 N–H and O–H groups in total. The van der Waals surface area contributed by atoms with Crippen LogP contribution in [0.1, 0.15) is 42.6 Å². The van der Waals surface area contributed by atoms with Gasteiger partial charge in [0.2, 0.25) is 0 Å². The number of aromatic nitrogens is 1. The van der Waals surface area contributed by atoms with Gasteiger partial charge in [0, 0.05) is 12.0 Å². The first-order valence-electron chi connectivity index (χ1n) is 5.26. The van der Waals surface area contributed by atoms with E-state index in [2.05, 4.69) is 10.3 Å². The van der Waals surface area contributed by atoms with Crippen LogP contribution in [-0.4, -0.2) is 28.5 Å². The molecule has 0 aliphatic heterocycles. The fourth-order valence-electron chi connectivity index (χ4n) is 1.30. The molecule has 0 spiro atoms. The van der Waals surface area contributed by atoms with E-state index in [1.54, 1.807) is 5.51 Å². The van der Waals surface area contributed by atoms with E-state index in [-0.39, 0.29) is 24.3 Å². The number of nitrogens with zero attached hydrogens (tertiary/aromatic N) is 1. The standard InChI is InChI=1S/C11H16N2O3S/c1-11(2,3)9-8(17-6-13-9)10(16)12-5-4-7(14)15/h6H,4-5H2,1-3H3,(H,12,16)(H,14,15). The number of carboxylic acids is 1. The molecular weight excluding hydrogens is 240 g/mol. The minimum absolute atomic E-state index is 0.0740. The van der Waals surface area contributed by atoms with Crippen LogP contribution in [0.2, 0.25) is 0 Å². The van der Waals surface area contributed by atoms with E-state index in [1.165, 1.54) is 11.3 Å². The Morgan fingerprint density at radius 1 is 1.47 bits per heavy atom. The first-order valence-corrected chi connectivity index (χ1v) is 6.14. The van der Waals surface area contributed by atoms with Gasteiger partial charge >= 0.3 is 5.97 Å². The summed E-state index contributed by atoms with van der Waals surface area (Å²) in [5.74, 6) is -1.18. The second-order valence-corrected chi connectivity index (χ2v) is 5.53. The van der Waals surface area contributed by atoms with Gasteiger partial charge in [-0.15, -0.1) is 11.3 Å². The molecule has 6 heteroatoms. The minimum atomic E-state index is -0.925. The topological polar surface area (TPSA) is 79.3 Å². The summed E-state index contributed by atoms with van der Waals surface area (Å²) in [6.07, 6.45) is -0.0740. The van der Waals surface area contributed by atoms with Crippen molar-refractivity contribution in [1.82, 2.24) is 10.3 Å². The molecule has 17 heavy (non-hydrogen) atoms. The number of amides is 1. The van der Waals surface area contributed by atoms with Crippen molar-refractivity contribution in [2.24, 2.45) is 0 Å². The average molecular weight is 256 g/mol. The molecule has 94 valence electrons. The Labute approximate surface area is 104 Å². The van der Waals surface area contributed by atoms with Gasteiger partial charge < -0.3 is 10.4 Å². The second kappa shape index (κ2) is 5.27. The molecule has 0 saturated carbocycles. The molecule has 0 aliphatic carbocycles. The molecule has 0 fully saturated rings. The maximum Gasteiger partial charge on any atom is 0.305 e.